The predicted molar refractivity (Wildman–Crippen MR) is 138 cm³/mol. The van der Waals surface area contributed by atoms with Crippen molar-refractivity contribution in [3.05, 3.63) is 65.7 Å². The Kier molecular flexibility index (Phi) is 9.82. The molecule has 1 aliphatic heterocycles. The molecule has 0 bridgehead atoms. The number of nitrogens with one attached hydrogen (secondary N) is 2. The van der Waals surface area contributed by atoms with E-state index >= 15 is 0 Å². The van der Waals surface area contributed by atoms with Crippen LogP contribution in [-0.2, 0) is 9.59 Å². The average molecular weight is 483 g/mol. The highest BCUT2D eigenvalue weighted by Crippen LogP contribution is 2.16. The highest BCUT2D eigenvalue weighted by Gasteiger charge is 2.23. The largest absolute Gasteiger partial charge is 0.368 e. The van der Waals surface area contributed by atoms with E-state index in [4.69, 9.17) is 0 Å². The van der Waals surface area contributed by atoms with Crippen LogP contribution < -0.4 is 15.5 Å². The van der Waals surface area contributed by atoms with Crippen LogP contribution >= 0.6 is 11.8 Å². The minimum atomic E-state index is -0.634. The van der Waals surface area contributed by atoms with Crippen molar-refractivity contribution < 1.29 is 14.4 Å². The fourth-order valence-corrected chi connectivity index (χ4v) is 4.43. The molecule has 0 saturated carbocycles. The van der Waals surface area contributed by atoms with Gasteiger partial charge in [-0.1, -0.05) is 35.9 Å². The third kappa shape index (κ3) is 7.52. The first kappa shape index (κ1) is 25.6. The van der Waals surface area contributed by atoms with Crippen molar-refractivity contribution in [1.29, 1.82) is 0 Å². The van der Waals surface area contributed by atoms with Gasteiger partial charge in [-0.05, 0) is 49.6 Å². The standard InChI is InChI=1S/C26H34N4O3S/c1-20-7-6-8-21(19-20)25(32)28-23(12-18-34-2)26(33)27-13-11-24(31)30-16-14-29(15-17-30)22-9-4-3-5-10-22/h3-10,19,23H,11-18H2,1-2H3,(H,27,33)(H,28,32). The van der Waals surface area contributed by atoms with E-state index in [9.17, 15) is 14.4 Å². The molecular formula is C26H34N4O3S. The van der Waals surface area contributed by atoms with Crippen molar-refractivity contribution in [3.63, 3.8) is 0 Å². The summed E-state index contributed by atoms with van der Waals surface area (Å²) in [5, 5.41) is 5.70. The molecule has 0 aliphatic carbocycles. The molecule has 34 heavy (non-hydrogen) atoms. The molecule has 0 spiro atoms. The van der Waals surface area contributed by atoms with Crippen molar-refractivity contribution >= 4 is 35.2 Å². The summed E-state index contributed by atoms with van der Waals surface area (Å²) in [5.74, 6) is 0.267. The zero-order chi connectivity index (χ0) is 24.3. The molecular weight excluding hydrogens is 448 g/mol. The maximum atomic E-state index is 12.8. The van der Waals surface area contributed by atoms with Gasteiger partial charge in [0.1, 0.15) is 6.04 Å². The van der Waals surface area contributed by atoms with Gasteiger partial charge >= 0.3 is 0 Å². The van der Waals surface area contributed by atoms with E-state index in [1.165, 1.54) is 5.69 Å². The van der Waals surface area contributed by atoms with Gasteiger partial charge in [0.2, 0.25) is 11.8 Å². The average Bonchev–Trinajstić information content (AvgIpc) is 2.86. The lowest BCUT2D eigenvalue weighted by molar-refractivity contribution is -0.131. The lowest BCUT2D eigenvalue weighted by Crippen LogP contribution is -2.50. The van der Waals surface area contributed by atoms with Crippen LogP contribution in [0.25, 0.3) is 0 Å². The van der Waals surface area contributed by atoms with Gasteiger partial charge in [-0.3, -0.25) is 14.4 Å². The van der Waals surface area contributed by atoms with Crippen LogP contribution in [-0.4, -0.2) is 73.4 Å². The van der Waals surface area contributed by atoms with Crippen LogP contribution in [0.4, 0.5) is 5.69 Å². The molecule has 0 radical (unpaired) electrons. The van der Waals surface area contributed by atoms with Crippen molar-refractivity contribution in [2.24, 2.45) is 0 Å². The Bertz CT molecular complexity index is 962. The van der Waals surface area contributed by atoms with Gasteiger partial charge in [0.15, 0.2) is 0 Å². The number of rotatable bonds is 10. The summed E-state index contributed by atoms with van der Waals surface area (Å²) in [6.45, 7) is 5.11. The second-order valence-electron chi connectivity index (χ2n) is 8.42. The third-order valence-corrected chi connectivity index (χ3v) is 6.55. The van der Waals surface area contributed by atoms with Crippen LogP contribution in [0.2, 0.25) is 0 Å². The van der Waals surface area contributed by atoms with Gasteiger partial charge in [0.25, 0.3) is 5.91 Å². The summed E-state index contributed by atoms with van der Waals surface area (Å²) in [7, 11) is 0. The van der Waals surface area contributed by atoms with E-state index in [0.717, 1.165) is 24.4 Å². The number of nitrogens with zero attached hydrogens (tertiary/aromatic N) is 2. The molecule has 1 atom stereocenters. The molecule has 2 aromatic carbocycles. The van der Waals surface area contributed by atoms with Crippen LogP contribution in [0.1, 0.15) is 28.8 Å². The zero-order valence-corrected chi connectivity index (χ0v) is 20.8. The first-order chi connectivity index (χ1) is 16.5. The van der Waals surface area contributed by atoms with Gasteiger partial charge in [-0.2, -0.15) is 11.8 Å². The fraction of sp³-hybridized carbons (Fsp3) is 0.423. The summed E-state index contributed by atoms with van der Waals surface area (Å²) < 4.78 is 0. The second kappa shape index (κ2) is 13.0. The Morgan fingerprint density at radius 1 is 1.00 bits per heavy atom. The minimum Gasteiger partial charge on any atom is -0.368 e. The quantitative estimate of drug-likeness (QED) is 0.544. The molecule has 2 aromatic rings. The van der Waals surface area contributed by atoms with E-state index in [2.05, 4.69) is 27.7 Å². The predicted octanol–water partition coefficient (Wildman–Crippen LogP) is 2.70. The smallest absolute Gasteiger partial charge is 0.251 e. The van der Waals surface area contributed by atoms with Gasteiger partial charge in [-0.25, -0.2) is 0 Å². The summed E-state index contributed by atoms with van der Waals surface area (Å²) in [6.07, 6.45) is 2.74. The number of hydrogen-bond acceptors (Lipinski definition) is 5. The number of piperazine rings is 1. The van der Waals surface area contributed by atoms with Crippen molar-refractivity contribution in [2.45, 2.75) is 25.8 Å². The summed E-state index contributed by atoms with van der Waals surface area (Å²) in [6, 6.07) is 16.9. The number of carbonyl (C=O) groups excluding carboxylic acids is 3. The lowest BCUT2D eigenvalue weighted by atomic mass is 10.1. The Labute approximate surface area is 206 Å². The van der Waals surface area contributed by atoms with Gasteiger partial charge < -0.3 is 20.4 Å². The summed E-state index contributed by atoms with van der Waals surface area (Å²) >= 11 is 1.62. The number of carbonyl (C=O) groups is 3. The lowest BCUT2D eigenvalue weighted by Gasteiger charge is -2.36. The topological polar surface area (TPSA) is 81.8 Å². The molecule has 1 unspecified atom stereocenters. The number of anilines is 1. The van der Waals surface area contributed by atoms with Crippen molar-refractivity contribution in [3.8, 4) is 0 Å². The molecule has 182 valence electrons. The molecule has 2 N–H and O–H groups in total. The number of thioether (sulfide) groups is 1. The normalized spacial score (nSPS) is 14.4. The molecule has 7 nitrogen and oxygen atoms in total. The summed E-state index contributed by atoms with van der Waals surface area (Å²) in [5.41, 5.74) is 2.69. The highest BCUT2D eigenvalue weighted by molar-refractivity contribution is 7.98. The molecule has 3 amide bonds. The molecule has 1 saturated heterocycles. The van der Waals surface area contributed by atoms with E-state index in [1.54, 1.807) is 23.9 Å². The molecule has 3 rings (SSSR count). The molecule has 1 heterocycles. The fourth-order valence-electron chi connectivity index (χ4n) is 3.96. The van der Waals surface area contributed by atoms with Crippen molar-refractivity contribution in [2.75, 3.05) is 49.6 Å². The number of aryl methyl sites for hydroxylation is 1. The van der Waals surface area contributed by atoms with E-state index in [-0.39, 0.29) is 30.7 Å². The van der Waals surface area contributed by atoms with Gasteiger partial charge in [-0.15, -0.1) is 0 Å². The zero-order valence-electron chi connectivity index (χ0n) is 20.0. The maximum Gasteiger partial charge on any atom is 0.251 e. The molecule has 1 fully saturated rings. The van der Waals surface area contributed by atoms with Crippen LogP contribution in [0.5, 0.6) is 0 Å². The third-order valence-electron chi connectivity index (χ3n) is 5.90. The van der Waals surface area contributed by atoms with Crippen LogP contribution in [0.3, 0.4) is 0 Å². The molecule has 1 aliphatic rings. The number of benzene rings is 2. The second-order valence-corrected chi connectivity index (χ2v) is 9.41. The Hall–Kier alpha value is -3.00. The minimum absolute atomic E-state index is 0.0393. The Morgan fingerprint density at radius 2 is 1.74 bits per heavy atom. The first-order valence-electron chi connectivity index (χ1n) is 11.7. The maximum absolute atomic E-state index is 12.8. The van der Waals surface area contributed by atoms with Gasteiger partial charge in [0.05, 0.1) is 0 Å². The summed E-state index contributed by atoms with van der Waals surface area (Å²) in [4.78, 5) is 42.2. The molecule has 0 aromatic heterocycles. The van der Waals surface area contributed by atoms with Gasteiger partial charge in [0, 0.05) is 50.4 Å². The highest BCUT2D eigenvalue weighted by atomic mass is 32.2. The SMILES string of the molecule is CSCCC(NC(=O)c1cccc(C)c1)C(=O)NCCC(=O)N1CCN(c2ccccc2)CC1. The number of amides is 3. The van der Waals surface area contributed by atoms with E-state index < -0.39 is 6.04 Å². The number of hydrogen-bond donors (Lipinski definition) is 2. The Balaban J connectivity index is 1.44. The first-order valence-corrected chi connectivity index (χ1v) is 13.1. The number of para-hydroxylation sites is 1. The molecule has 8 heteroatoms. The monoisotopic (exact) mass is 482 g/mol. The Morgan fingerprint density at radius 3 is 2.41 bits per heavy atom. The van der Waals surface area contributed by atoms with Crippen LogP contribution in [0, 0.1) is 6.92 Å². The van der Waals surface area contributed by atoms with E-state index in [0.29, 0.717) is 25.1 Å². The van der Waals surface area contributed by atoms with E-state index in [1.807, 2.05) is 48.4 Å². The van der Waals surface area contributed by atoms with Crippen molar-refractivity contribution in [1.82, 2.24) is 15.5 Å². The van der Waals surface area contributed by atoms with Crippen LogP contribution in [0.15, 0.2) is 54.6 Å².